The number of sulfonamides is 1. The first-order chi connectivity index (χ1) is 11.8. The maximum atomic E-state index is 13.8. The molecule has 0 aliphatic carbocycles. The zero-order chi connectivity index (χ0) is 18.2. The second kappa shape index (κ2) is 7.67. The van der Waals surface area contributed by atoms with Crippen LogP contribution in [0.1, 0.15) is 22.3 Å². The molecule has 0 radical (unpaired) electrons. The summed E-state index contributed by atoms with van der Waals surface area (Å²) in [6.07, 6.45) is 0. The molecule has 0 spiro atoms. The van der Waals surface area contributed by atoms with Gasteiger partial charge >= 0.3 is 0 Å². The van der Waals surface area contributed by atoms with Gasteiger partial charge in [-0.05, 0) is 29.7 Å². The second-order valence-corrected chi connectivity index (χ2v) is 7.60. The van der Waals surface area contributed by atoms with Crippen LogP contribution >= 0.6 is 12.4 Å². The Hall–Kier alpha value is -2.07. The molecule has 0 saturated carbocycles. The summed E-state index contributed by atoms with van der Waals surface area (Å²) in [5.41, 5.74) is 2.27. The van der Waals surface area contributed by atoms with Gasteiger partial charge in [0.2, 0.25) is 10.0 Å². The third-order valence-corrected chi connectivity index (χ3v) is 5.55. The third kappa shape index (κ3) is 4.01. The minimum atomic E-state index is -4.08. The van der Waals surface area contributed by atoms with E-state index in [1.807, 2.05) is 18.2 Å². The lowest BCUT2D eigenvalue weighted by atomic mass is 10.1. The van der Waals surface area contributed by atoms with Gasteiger partial charge in [-0.15, -0.1) is 12.4 Å². The maximum absolute atomic E-state index is 13.8. The van der Waals surface area contributed by atoms with Crippen LogP contribution in [0.4, 0.5) is 10.1 Å². The molecule has 0 bridgehead atoms. The number of hydrogen-bond donors (Lipinski definition) is 2. The number of fused-ring (bicyclic) bond motifs is 1. The monoisotopic (exact) mass is 401 g/mol. The highest BCUT2D eigenvalue weighted by atomic mass is 35.5. The van der Waals surface area contributed by atoms with Gasteiger partial charge in [-0.3, -0.25) is 10.1 Å². The summed E-state index contributed by atoms with van der Waals surface area (Å²) in [4.78, 5) is 9.69. The van der Waals surface area contributed by atoms with Crippen molar-refractivity contribution in [2.24, 2.45) is 0 Å². The zero-order valence-corrected chi connectivity index (χ0v) is 15.4. The lowest BCUT2D eigenvalue weighted by molar-refractivity contribution is -0.385. The van der Waals surface area contributed by atoms with Crippen molar-refractivity contribution in [1.82, 2.24) is 10.0 Å². The number of nitrogens with zero attached hydrogens (tertiary/aromatic N) is 1. The number of benzene rings is 2. The van der Waals surface area contributed by atoms with Gasteiger partial charge in [0.15, 0.2) is 0 Å². The first-order valence-corrected chi connectivity index (χ1v) is 9.02. The van der Waals surface area contributed by atoms with Crippen LogP contribution < -0.4 is 10.0 Å². The summed E-state index contributed by atoms with van der Waals surface area (Å²) < 4.78 is 40.9. The van der Waals surface area contributed by atoms with E-state index in [2.05, 4.69) is 10.0 Å². The Morgan fingerprint density at radius 3 is 2.62 bits per heavy atom. The highest BCUT2D eigenvalue weighted by molar-refractivity contribution is 7.89. The van der Waals surface area contributed by atoms with E-state index in [0.717, 1.165) is 36.3 Å². The molecule has 0 unspecified atom stereocenters. The standard InChI is InChI=1S/C16H16FN3O4S.ClH/c1-10-15(17)5-14(6-16(10)20(21)22)25(23,24)19-7-11-2-3-12-8-18-9-13(12)4-11;/h2-6,18-19H,7-9H2,1H3;1H. The van der Waals surface area contributed by atoms with Crippen molar-refractivity contribution in [2.75, 3.05) is 0 Å². The molecule has 0 fully saturated rings. The average Bonchev–Trinajstić information content (AvgIpc) is 3.02. The lowest BCUT2D eigenvalue weighted by Gasteiger charge is -2.09. The smallest absolute Gasteiger partial charge is 0.276 e. The fourth-order valence-corrected chi connectivity index (χ4v) is 3.75. The average molecular weight is 402 g/mol. The van der Waals surface area contributed by atoms with Gasteiger partial charge in [-0.25, -0.2) is 17.5 Å². The van der Waals surface area contributed by atoms with Gasteiger partial charge in [0.05, 0.1) is 15.4 Å². The fraction of sp³-hybridized carbons (Fsp3) is 0.250. The SMILES string of the molecule is Cc1c(F)cc(S(=O)(=O)NCc2ccc3c(c2)CNC3)cc1[N+](=O)[O-].Cl. The van der Waals surface area contributed by atoms with Crippen molar-refractivity contribution in [3.8, 4) is 0 Å². The van der Waals surface area contributed by atoms with Gasteiger partial charge in [-0.2, -0.15) is 0 Å². The minimum Gasteiger partial charge on any atom is -0.309 e. The van der Waals surface area contributed by atoms with Crippen LogP contribution in [0.2, 0.25) is 0 Å². The molecule has 2 aromatic carbocycles. The van der Waals surface area contributed by atoms with E-state index in [1.165, 1.54) is 12.5 Å². The fourth-order valence-electron chi connectivity index (χ4n) is 2.70. The molecule has 1 aliphatic rings. The molecule has 140 valence electrons. The summed E-state index contributed by atoms with van der Waals surface area (Å²) in [6.45, 7) is 2.76. The number of nitro groups is 1. The predicted molar refractivity (Wildman–Crippen MR) is 96.1 cm³/mol. The number of rotatable bonds is 5. The van der Waals surface area contributed by atoms with E-state index in [9.17, 15) is 22.9 Å². The predicted octanol–water partition coefficient (Wildman–Crippen LogP) is 2.55. The van der Waals surface area contributed by atoms with Gasteiger partial charge in [-0.1, -0.05) is 18.2 Å². The van der Waals surface area contributed by atoms with Gasteiger partial charge in [0, 0.05) is 25.7 Å². The minimum absolute atomic E-state index is 0. The molecular formula is C16H17ClFN3O4S. The summed E-state index contributed by atoms with van der Waals surface area (Å²) in [6, 6.07) is 7.29. The summed E-state index contributed by atoms with van der Waals surface area (Å²) in [7, 11) is -4.08. The molecule has 10 heteroatoms. The van der Waals surface area contributed by atoms with Crippen LogP contribution in [-0.2, 0) is 29.7 Å². The molecule has 0 amide bonds. The van der Waals surface area contributed by atoms with Gasteiger partial charge < -0.3 is 5.32 Å². The molecule has 0 atom stereocenters. The summed E-state index contributed by atoms with van der Waals surface area (Å²) >= 11 is 0. The molecule has 2 N–H and O–H groups in total. The van der Waals surface area contributed by atoms with Crippen LogP contribution in [-0.4, -0.2) is 13.3 Å². The van der Waals surface area contributed by atoms with Crippen molar-refractivity contribution in [2.45, 2.75) is 31.5 Å². The molecule has 1 heterocycles. The Labute approximate surface area is 156 Å². The Morgan fingerprint density at radius 1 is 1.23 bits per heavy atom. The molecule has 7 nitrogen and oxygen atoms in total. The number of hydrogen-bond acceptors (Lipinski definition) is 5. The molecule has 0 aromatic heterocycles. The summed E-state index contributed by atoms with van der Waals surface area (Å²) in [5, 5.41) is 14.2. The first kappa shape index (κ1) is 20.2. The number of nitrogens with one attached hydrogen (secondary N) is 2. The Morgan fingerprint density at radius 2 is 1.92 bits per heavy atom. The molecular weight excluding hydrogens is 385 g/mol. The molecule has 3 rings (SSSR count). The number of halogens is 2. The number of nitro benzene ring substituents is 1. The van der Waals surface area contributed by atoms with Crippen molar-refractivity contribution in [1.29, 1.82) is 0 Å². The van der Waals surface area contributed by atoms with Crippen LogP contribution in [0.15, 0.2) is 35.2 Å². The molecule has 26 heavy (non-hydrogen) atoms. The van der Waals surface area contributed by atoms with Gasteiger partial charge in [0.25, 0.3) is 5.69 Å². The van der Waals surface area contributed by atoms with Crippen molar-refractivity contribution < 1.29 is 17.7 Å². The van der Waals surface area contributed by atoms with Gasteiger partial charge in [0.1, 0.15) is 5.82 Å². The summed E-state index contributed by atoms with van der Waals surface area (Å²) in [5.74, 6) is -0.932. The van der Waals surface area contributed by atoms with E-state index < -0.39 is 31.3 Å². The zero-order valence-electron chi connectivity index (χ0n) is 13.8. The van der Waals surface area contributed by atoms with E-state index >= 15 is 0 Å². The highest BCUT2D eigenvalue weighted by Crippen LogP contribution is 2.25. The highest BCUT2D eigenvalue weighted by Gasteiger charge is 2.23. The Bertz CT molecular complexity index is 966. The van der Waals surface area contributed by atoms with Crippen LogP contribution in [0.3, 0.4) is 0 Å². The largest absolute Gasteiger partial charge is 0.309 e. The quantitative estimate of drug-likeness (QED) is 0.592. The van der Waals surface area contributed by atoms with Crippen LogP contribution in [0.5, 0.6) is 0 Å². The normalized spacial score (nSPS) is 13.2. The lowest BCUT2D eigenvalue weighted by Crippen LogP contribution is -2.23. The second-order valence-electron chi connectivity index (χ2n) is 5.84. The molecule has 0 saturated heterocycles. The van der Waals surface area contributed by atoms with E-state index in [4.69, 9.17) is 0 Å². The Balaban J connectivity index is 0.00000243. The van der Waals surface area contributed by atoms with Crippen LogP contribution in [0, 0.1) is 22.9 Å². The van der Waals surface area contributed by atoms with Crippen molar-refractivity contribution in [3.05, 3.63) is 68.5 Å². The Kier molecular flexibility index (Phi) is 5.97. The van der Waals surface area contributed by atoms with E-state index in [-0.39, 0.29) is 24.5 Å². The maximum Gasteiger partial charge on any atom is 0.276 e. The topological polar surface area (TPSA) is 101 Å². The first-order valence-electron chi connectivity index (χ1n) is 7.53. The van der Waals surface area contributed by atoms with Crippen molar-refractivity contribution in [3.63, 3.8) is 0 Å². The van der Waals surface area contributed by atoms with Crippen LogP contribution in [0.25, 0.3) is 0 Å². The van der Waals surface area contributed by atoms with E-state index in [0.29, 0.717) is 0 Å². The molecule has 2 aromatic rings. The van der Waals surface area contributed by atoms with E-state index in [1.54, 1.807) is 0 Å². The third-order valence-electron chi connectivity index (χ3n) is 4.17. The molecule has 1 aliphatic heterocycles. The van der Waals surface area contributed by atoms with Crippen molar-refractivity contribution >= 4 is 28.1 Å².